The van der Waals surface area contributed by atoms with Gasteiger partial charge in [0.1, 0.15) is 6.04 Å². The van der Waals surface area contributed by atoms with E-state index < -0.39 is 11.3 Å². The molecule has 1 aromatic rings. The molecule has 4 nitrogen and oxygen atoms in total. The molecule has 1 unspecified atom stereocenters. The van der Waals surface area contributed by atoms with Gasteiger partial charge in [-0.25, -0.2) is 0 Å². The van der Waals surface area contributed by atoms with Crippen molar-refractivity contribution in [3.63, 3.8) is 0 Å². The van der Waals surface area contributed by atoms with Crippen molar-refractivity contribution in [2.45, 2.75) is 52.5 Å². The minimum absolute atomic E-state index is 0.269. The molecule has 0 saturated carbocycles. The summed E-state index contributed by atoms with van der Waals surface area (Å²) < 4.78 is 5.73. The first-order valence-electron chi connectivity index (χ1n) is 8.93. The Morgan fingerprint density at radius 1 is 1.28 bits per heavy atom. The van der Waals surface area contributed by atoms with Gasteiger partial charge in [0.05, 0.1) is 6.61 Å². The molecular formula is C20H27NO3S. The van der Waals surface area contributed by atoms with Crippen LogP contribution < -0.4 is 0 Å². The van der Waals surface area contributed by atoms with Crippen LogP contribution in [0.5, 0.6) is 0 Å². The predicted octanol–water partition coefficient (Wildman–Crippen LogP) is 3.57. The Kier molecular flexibility index (Phi) is 6.71. The molecule has 0 radical (unpaired) electrons. The lowest BCUT2D eigenvalue weighted by Crippen LogP contribution is -2.47. The Hall–Kier alpha value is -1.75. The maximum atomic E-state index is 12.6. The van der Waals surface area contributed by atoms with Crippen LogP contribution in [0.25, 0.3) is 0 Å². The summed E-state index contributed by atoms with van der Waals surface area (Å²) in [5, 5.41) is 0.420. The SMILES string of the molecule is CCC(C)(C)C(=O)C(=O)N1CCCC1C(=S)OCCc1ccccc1. The van der Waals surface area contributed by atoms with Crippen molar-refractivity contribution in [1.82, 2.24) is 4.90 Å². The van der Waals surface area contributed by atoms with Crippen molar-refractivity contribution in [3.8, 4) is 0 Å². The van der Waals surface area contributed by atoms with E-state index in [1.807, 2.05) is 51.1 Å². The third-order valence-electron chi connectivity index (χ3n) is 4.96. The number of carbonyl (C=O) groups is 2. The fourth-order valence-electron chi connectivity index (χ4n) is 2.85. The van der Waals surface area contributed by atoms with Crippen LogP contribution >= 0.6 is 12.2 Å². The second kappa shape index (κ2) is 8.56. The first-order chi connectivity index (χ1) is 11.9. The van der Waals surface area contributed by atoms with E-state index in [9.17, 15) is 9.59 Å². The molecule has 0 N–H and O–H groups in total. The molecule has 1 fully saturated rings. The molecule has 0 aromatic heterocycles. The lowest BCUT2D eigenvalue weighted by molar-refractivity contribution is -0.149. The molecule has 0 bridgehead atoms. The van der Waals surface area contributed by atoms with Gasteiger partial charge in [-0.05, 0) is 37.0 Å². The van der Waals surface area contributed by atoms with Gasteiger partial charge in [-0.1, -0.05) is 51.1 Å². The fraction of sp³-hybridized carbons (Fsp3) is 0.550. The highest BCUT2D eigenvalue weighted by Gasteiger charge is 2.40. The van der Waals surface area contributed by atoms with E-state index >= 15 is 0 Å². The van der Waals surface area contributed by atoms with Crippen molar-refractivity contribution in [3.05, 3.63) is 35.9 Å². The van der Waals surface area contributed by atoms with E-state index in [4.69, 9.17) is 17.0 Å². The van der Waals surface area contributed by atoms with Crippen LogP contribution in [0.1, 0.15) is 45.6 Å². The van der Waals surface area contributed by atoms with Gasteiger partial charge in [-0.2, -0.15) is 0 Å². The Labute approximate surface area is 155 Å². The van der Waals surface area contributed by atoms with Crippen LogP contribution in [0.15, 0.2) is 30.3 Å². The summed E-state index contributed by atoms with van der Waals surface area (Å²) >= 11 is 5.41. The zero-order chi connectivity index (χ0) is 18.4. The maximum Gasteiger partial charge on any atom is 0.291 e. The molecule has 1 atom stereocenters. The number of hydrogen-bond acceptors (Lipinski definition) is 4. The first-order valence-corrected chi connectivity index (χ1v) is 9.33. The van der Waals surface area contributed by atoms with Gasteiger partial charge < -0.3 is 9.64 Å². The number of thiocarbonyl (C=S) groups is 1. The number of benzene rings is 1. The van der Waals surface area contributed by atoms with E-state index in [0.717, 1.165) is 19.3 Å². The highest BCUT2D eigenvalue weighted by atomic mass is 32.1. The lowest BCUT2D eigenvalue weighted by atomic mass is 9.84. The standard InChI is InChI=1S/C20H27NO3S/c1-4-20(2,3)17(22)18(23)21-13-8-11-16(21)19(25)24-14-12-15-9-6-5-7-10-15/h5-7,9-10,16H,4,8,11-14H2,1-3H3. The number of ketones is 1. The molecule has 1 aliphatic rings. The minimum Gasteiger partial charge on any atom is -0.485 e. The van der Waals surface area contributed by atoms with Crippen LogP contribution in [-0.4, -0.2) is 40.8 Å². The topological polar surface area (TPSA) is 46.6 Å². The van der Waals surface area contributed by atoms with Crippen LogP contribution in [0.4, 0.5) is 0 Å². The molecule has 25 heavy (non-hydrogen) atoms. The van der Waals surface area contributed by atoms with Crippen LogP contribution in [0, 0.1) is 5.41 Å². The Morgan fingerprint density at radius 2 is 1.96 bits per heavy atom. The normalized spacial score (nSPS) is 17.4. The predicted molar refractivity (Wildman–Crippen MR) is 103 cm³/mol. The number of hydrogen-bond donors (Lipinski definition) is 0. The molecule has 1 heterocycles. The number of nitrogens with zero attached hydrogens (tertiary/aromatic N) is 1. The average molecular weight is 362 g/mol. The van der Waals surface area contributed by atoms with E-state index in [0.29, 0.717) is 24.6 Å². The molecule has 1 saturated heterocycles. The van der Waals surface area contributed by atoms with Crippen molar-refractivity contribution < 1.29 is 14.3 Å². The molecule has 0 spiro atoms. The van der Waals surface area contributed by atoms with Crippen molar-refractivity contribution in [2.24, 2.45) is 5.41 Å². The summed E-state index contributed by atoms with van der Waals surface area (Å²) in [6, 6.07) is 9.78. The monoisotopic (exact) mass is 361 g/mol. The summed E-state index contributed by atoms with van der Waals surface area (Å²) in [5.41, 5.74) is 0.546. The second-order valence-electron chi connectivity index (χ2n) is 7.13. The van der Waals surface area contributed by atoms with Crippen LogP contribution in [-0.2, 0) is 20.7 Å². The lowest BCUT2D eigenvalue weighted by Gasteiger charge is -2.28. The number of Topliss-reactive ketones (excluding diaryl/α,β-unsaturated/α-hetero) is 1. The molecule has 1 aromatic carbocycles. The maximum absolute atomic E-state index is 12.6. The van der Waals surface area contributed by atoms with E-state index in [-0.39, 0.29) is 11.8 Å². The smallest absolute Gasteiger partial charge is 0.291 e. The zero-order valence-corrected chi connectivity index (χ0v) is 16.1. The van der Waals surface area contributed by atoms with Gasteiger partial charge in [0.15, 0.2) is 5.05 Å². The fourth-order valence-corrected chi connectivity index (χ4v) is 3.17. The third kappa shape index (κ3) is 4.88. The highest BCUT2D eigenvalue weighted by molar-refractivity contribution is 7.80. The molecular weight excluding hydrogens is 334 g/mol. The molecule has 5 heteroatoms. The Morgan fingerprint density at radius 3 is 2.60 bits per heavy atom. The summed E-state index contributed by atoms with van der Waals surface area (Å²) in [6.45, 7) is 6.59. The van der Waals surface area contributed by atoms with E-state index in [1.54, 1.807) is 4.90 Å². The van der Waals surface area contributed by atoms with E-state index in [1.165, 1.54) is 5.56 Å². The van der Waals surface area contributed by atoms with Crippen molar-refractivity contribution in [1.29, 1.82) is 0 Å². The van der Waals surface area contributed by atoms with Gasteiger partial charge in [-0.3, -0.25) is 9.59 Å². The average Bonchev–Trinajstić information content (AvgIpc) is 3.11. The molecule has 1 amide bonds. The summed E-state index contributed by atoms with van der Waals surface area (Å²) in [6.07, 6.45) is 3.01. The molecule has 2 rings (SSSR count). The van der Waals surface area contributed by atoms with Crippen LogP contribution in [0.2, 0.25) is 0 Å². The quantitative estimate of drug-likeness (QED) is 0.550. The first kappa shape index (κ1) is 19.6. The number of rotatable bonds is 7. The largest absolute Gasteiger partial charge is 0.485 e. The summed E-state index contributed by atoms with van der Waals surface area (Å²) in [7, 11) is 0. The second-order valence-corrected chi connectivity index (χ2v) is 7.53. The minimum atomic E-state index is -0.639. The van der Waals surface area contributed by atoms with E-state index in [2.05, 4.69) is 0 Å². The van der Waals surface area contributed by atoms with Crippen LogP contribution in [0.3, 0.4) is 0 Å². The van der Waals surface area contributed by atoms with Crippen molar-refractivity contribution in [2.75, 3.05) is 13.2 Å². The number of carbonyl (C=O) groups excluding carboxylic acids is 2. The Balaban J connectivity index is 1.92. The Bertz CT molecular complexity index is 627. The third-order valence-corrected chi connectivity index (χ3v) is 5.35. The van der Waals surface area contributed by atoms with Crippen molar-refractivity contribution >= 4 is 29.0 Å². The van der Waals surface area contributed by atoms with Gasteiger partial charge >= 0.3 is 0 Å². The molecule has 0 aliphatic carbocycles. The van der Waals surface area contributed by atoms with Gasteiger partial charge in [0.25, 0.3) is 5.91 Å². The zero-order valence-electron chi connectivity index (χ0n) is 15.3. The van der Waals surface area contributed by atoms with Gasteiger partial charge in [0, 0.05) is 18.4 Å². The van der Waals surface area contributed by atoms with Gasteiger partial charge in [-0.15, -0.1) is 0 Å². The summed E-state index contributed by atoms with van der Waals surface area (Å²) in [4.78, 5) is 26.7. The molecule has 136 valence electrons. The van der Waals surface area contributed by atoms with Gasteiger partial charge in [0.2, 0.25) is 5.78 Å². The number of amides is 1. The summed E-state index contributed by atoms with van der Waals surface area (Å²) in [5.74, 6) is -0.766. The highest BCUT2D eigenvalue weighted by Crippen LogP contribution is 2.26. The number of likely N-dealkylation sites (tertiary alicyclic amines) is 1. The molecule has 1 aliphatic heterocycles. The number of ether oxygens (including phenoxy) is 1.